The van der Waals surface area contributed by atoms with Crippen LogP contribution in [0, 0.1) is 0 Å². The van der Waals surface area contributed by atoms with E-state index in [1.165, 1.54) is 11.8 Å². The minimum absolute atomic E-state index is 0.0888. The molecule has 92 valence electrons. The average Bonchev–Trinajstić information content (AvgIpc) is 2.65. The lowest BCUT2D eigenvalue weighted by atomic mass is 10.1. The lowest BCUT2D eigenvalue weighted by molar-refractivity contribution is -0.133. The molecule has 0 aromatic rings. The SMILES string of the molecule is CC1(C(=O)NCCSCC(=O)O)CCCS1. The quantitative estimate of drug-likeness (QED) is 0.705. The molecule has 1 fully saturated rings. The molecular weight excluding hydrogens is 246 g/mol. The molecule has 0 aliphatic carbocycles. The normalized spacial score (nSPS) is 24.3. The third kappa shape index (κ3) is 4.25. The van der Waals surface area contributed by atoms with Crippen LogP contribution in [0.5, 0.6) is 0 Å². The zero-order valence-corrected chi connectivity index (χ0v) is 11.0. The third-order valence-electron chi connectivity index (χ3n) is 2.46. The van der Waals surface area contributed by atoms with Gasteiger partial charge < -0.3 is 10.4 Å². The van der Waals surface area contributed by atoms with E-state index < -0.39 is 5.97 Å². The first-order valence-electron chi connectivity index (χ1n) is 5.26. The highest BCUT2D eigenvalue weighted by Crippen LogP contribution is 2.37. The third-order valence-corrected chi connectivity index (χ3v) is 4.92. The Balaban J connectivity index is 2.13. The molecule has 2 N–H and O–H groups in total. The molecular formula is C10H17NO3S2. The first-order chi connectivity index (χ1) is 7.54. The number of amides is 1. The fourth-order valence-electron chi connectivity index (χ4n) is 1.54. The second-order valence-electron chi connectivity index (χ2n) is 3.89. The molecule has 1 aliphatic rings. The first-order valence-corrected chi connectivity index (χ1v) is 7.40. The number of carboxylic acid groups (broad SMARTS) is 1. The van der Waals surface area contributed by atoms with Gasteiger partial charge in [-0.25, -0.2) is 0 Å². The van der Waals surface area contributed by atoms with Crippen LogP contribution in [0.4, 0.5) is 0 Å². The van der Waals surface area contributed by atoms with E-state index in [2.05, 4.69) is 5.32 Å². The van der Waals surface area contributed by atoms with Crippen molar-refractivity contribution < 1.29 is 14.7 Å². The zero-order chi connectivity index (χ0) is 12.0. The monoisotopic (exact) mass is 263 g/mol. The van der Waals surface area contributed by atoms with Gasteiger partial charge in [0, 0.05) is 12.3 Å². The molecule has 1 saturated heterocycles. The average molecular weight is 263 g/mol. The molecule has 0 bridgehead atoms. The largest absolute Gasteiger partial charge is 0.481 e. The van der Waals surface area contributed by atoms with E-state index in [4.69, 9.17) is 5.11 Å². The topological polar surface area (TPSA) is 66.4 Å². The van der Waals surface area contributed by atoms with Crippen molar-refractivity contribution in [2.24, 2.45) is 0 Å². The predicted molar refractivity (Wildman–Crippen MR) is 68.1 cm³/mol. The summed E-state index contributed by atoms with van der Waals surface area (Å²) in [6, 6.07) is 0. The highest BCUT2D eigenvalue weighted by atomic mass is 32.2. The van der Waals surface area contributed by atoms with E-state index in [-0.39, 0.29) is 16.4 Å². The van der Waals surface area contributed by atoms with Crippen molar-refractivity contribution in [3.8, 4) is 0 Å². The van der Waals surface area contributed by atoms with Gasteiger partial charge in [0.25, 0.3) is 0 Å². The summed E-state index contributed by atoms with van der Waals surface area (Å²) in [6.07, 6.45) is 2.04. The van der Waals surface area contributed by atoms with E-state index in [0.29, 0.717) is 12.3 Å². The molecule has 1 atom stereocenters. The van der Waals surface area contributed by atoms with Crippen molar-refractivity contribution in [1.29, 1.82) is 0 Å². The number of thioether (sulfide) groups is 2. The van der Waals surface area contributed by atoms with Crippen molar-refractivity contribution in [2.45, 2.75) is 24.5 Å². The molecule has 0 spiro atoms. The lowest BCUT2D eigenvalue weighted by Crippen LogP contribution is -2.41. The fourth-order valence-corrected chi connectivity index (χ4v) is 3.34. The summed E-state index contributed by atoms with van der Waals surface area (Å²) in [6.45, 7) is 2.53. The molecule has 0 aromatic carbocycles. The lowest BCUT2D eigenvalue weighted by Gasteiger charge is -2.21. The summed E-state index contributed by atoms with van der Waals surface area (Å²) >= 11 is 3.03. The van der Waals surface area contributed by atoms with Gasteiger partial charge in [-0.15, -0.1) is 23.5 Å². The summed E-state index contributed by atoms with van der Waals surface area (Å²) < 4.78 is -0.266. The summed E-state index contributed by atoms with van der Waals surface area (Å²) in [5.74, 6) is 1.08. The first kappa shape index (κ1) is 13.7. The molecule has 1 heterocycles. The Morgan fingerprint density at radius 3 is 2.88 bits per heavy atom. The minimum Gasteiger partial charge on any atom is -0.481 e. The van der Waals surface area contributed by atoms with Gasteiger partial charge in [-0.05, 0) is 25.5 Å². The van der Waals surface area contributed by atoms with Crippen molar-refractivity contribution in [3.05, 3.63) is 0 Å². The highest BCUT2D eigenvalue weighted by Gasteiger charge is 2.36. The zero-order valence-electron chi connectivity index (χ0n) is 9.32. The maximum absolute atomic E-state index is 11.8. The van der Waals surface area contributed by atoms with Gasteiger partial charge in [0.05, 0.1) is 10.5 Å². The molecule has 4 nitrogen and oxygen atoms in total. The van der Waals surface area contributed by atoms with Crippen LogP contribution in [0.1, 0.15) is 19.8 Å². The molecule has 0 saturated carbocycles. The van der Waals surface area contributed by atoms with Gasteiger partial charge in [-0.1, -0.05) is 0 Å². The molecule has 1 rings (SSSR count). The van der Waals surface area contributed by atoms with E-state index in [0.717, 1.165) is 18.6 Å². The van der Waals surface area contributed by atoms with Crippen LogP contribution in [-0.4, -0.2) is 45.5 Å². The maximum atomic E-state index is 11.8. The Morgan fingerprint density at radius 1 is 1.56 bits per heavy atom. The van der Waals surface area contributed by atoms with Crippen LogP contribution in [0.2, 0.25) is 0 Å². The number of carbonyl (C=O) groups excluding carboxylic acids is 1. The van der Waals surface area contributed by atoms with Crippen molar-refractivity contribution >= 4 is 35.4 Å². The Kier molecular flexibility index (Phi) is 5.48. The van der Waals surface area contributed by atoms with Gasteiger partial charge in [0.15, 0.2) is 0 Å². The van der Waals surface area contributed by atoms with E-state index >= 15 is 0 Å². The number of hydrogen-bond acceptors (Lipinski definition) is 4. The summed E-state index contributed by atoms with van der Waals surface area (Å²) in [4.78, 5) is 22.1. The summed E-state index contributed by atoms with van der Waals surface area (Å²) in [5, 5.41) is 11.3. The summed E-state index contributed by atoms with van der Waals surface area (Å²) in [5.41, 5.74) is 0. The van der Waals surface area contributed by atoms with Crippen LogP contribution in [0.3, 0.4) is 0 Å². The molecule has 1 aliphatic heterocycles. The predicted octanol–water partition coefficient (Wildman–Crippen LogP) is 1.21. The molecule has 1 unspecified atom stereocenters. The Labute approximate surface area is 104 Å². The van der Waals surface area contributed by atoms with Crippen molar-refractivity contribution in [1.82, 2.24) is 5.32 Å². The molecule has 6 heteroatoms. The number of aliphatic carboxylic acids is 1. The Morgan fingerprint density at radius 2 is 2.31 bits per heavy atom. The van der Waals surface area contributed by atoms with Gasteiger partial charge in [0.1, 0.15) is 0 Å². The smallest absolute Gasteiger partial charge is 0.313 e. The number of rotatable bonds is 6. The Hall–Kier alpha value is -0.360. The van der Waals surface area contributed by atoms with Gasteiger partial charge in [-0.3, -0.25) is 9.59 Å². The van der Waals surface area contributed by atoms with Crippen LogP contribution in [0.15, 0.2) is 0 Å². The molecule has 16 heavy (non-hydrogen) atoms. The van der Waals surface area contributed by atoms with Crippen LogP contribution in [0.25, 0.3) is 0 Å². The van der Waals surface area contributed by atoms with Crippen LogP contribution in [-0.2, 0) is 9.59 Å². The van der Waals surface area contributed by atoms with E-state index in [1.54, 1.807) is 11.8 Å². The van der Waals surface area contributed by atoms with Crippen LogP contribution >= 0.6 is 23.5 Å². The van der Waals surface area contributed by atoms with Gasteiger partial charge >= 0.3 is 5.97 Å². The number of hydrogen-bond donors (Lipinski definition) is 2. The minimum atomic E-state index is -0.811. The number of nitrogens with one attached hydrogen (secondary N) is 1. The van der Waals surface area contributed by atoms with Crippen LogP contribution < -0.4 is 5.32 Å². The van der Waals surface area contributed by atoms with E-state index in [1.807, 2.05) is 6.92 Å². The number of carbonyl (C=O) groups is 2. The highest BCUT2D eigenvalue weighted by molar-refractivity contribution is 8.01. The second-order valence-corrected chi connectivity index (χ2v) is 6.59. The Bertz CT molecular complexity index is 265. The number of carboxylic acids is 1. The molecule has 0 aromatic heterocycles. The summed E-state index contributed by atoms with van der Waals surface area (Å²) in [7, 11) is 0. The van der Waals surface area contributed by atoms with Gasteiger partial charge in [0.2, 0.25) is 5.91 Å². The molecule has 0 radical (unpaired) electrons. The van der Waals surface area contributed by atoms with Crippen molar-refractivity contribution in [3.63, 3.8) is 0 Å². The standard InChI is InChI=1S/C10H17NO3S2/c1-10(3-2-5-16-10)9(14)11-4-6-15-7-8(12)13/h2-7H2,1H3,(H,11,14)(H,12,13). The van der Waals surface area contributed by atoms with E-state index in [9.17, 15) is 9.59 Å². The fraction of sp³-hybridized carbons (Fsp3) is 0.800. The second kappa shape index (κ2) is 6.39. The van der Waals surface area contributed by atoms with Gasteiger partial charge in [-0.2, -0.15) is 0 Å². The van der Waals surface area contributed by atoms with Crippen molar-refractivity contribution in [2.75, 3.05) is 23.8 Å². The molecule has 1 amide bonds. The maximum Gasteiger partial charge on any atom is 0.313 e.